The largest absolute Gasteiger partial charge is 0.376 e. The number of likely N-dealkylation sites (N-methyl/N-ethyl adjacent to an activating group) is 1. The van der Waals surface area contributed by atoms with E-state index in [9.17, 15) is 13.2 Å². The van der Waals surface area contributed by atoms with Crippen LogP contribution in [-0.4, -0.2) is 49.9 Å². The van der Waals surface area contributed by atoms with Gasteiger partial charge in [-0.15, -0.1) is 0 Å². The van der Waals surface area contributed by atoms with Gasteiger partial charge in [0.1, 0.15) is 0 Å². The maximum atomic E-state index is 12.5. The first kappa shape index (κ1) is 17.8. The minimum atomic E-state index is -2.98. The number of nitrogens with one attached hydrogen (secondary N) is 1. The van der Waals surface area contributed by atoms with E-state index in [1.807, 2.05) is 27.7 Å². The van der Waals surface area contributed by atoms with Crippen LogP contribution in [0.15, 0.2) is 12.1 Å². The summed E-state index contributed by atoms with van der Waals surface area (Å²) in [6.07, 6.45) is 0.546. The lowest BCUT2D eigenvalue weighted by atomic mass is 10.1. The third-order valence-corrected chi connectivity index (χ3v) is 6.15. The molecule has 0 aromatic heterocycles. The highest BCUT2D eigenvalue weighted by Gasteiger charge is 2.33. The molecule has 0 spiro atoms. The number of nitrogens with zero attached hydrogens (tertiary/aromatic N) is 1. The van der Waals surface area contributed by atoms with Crippen LogP contribution < -0.4 is 5.32 Å². The normalized spacial score (nSPS) is 19.6. The molecular formula is C17H26N2O3S. The van der Waals surface area contributed by atoms with Gasteiger partial charge in [-0.2, -0.15) is 0 Å². The van der Waals surface area contributed by atoms with Gasteiger partial charge in [-0.1, -0.05) is 17.7 Å². The second kappa shape index (κ2) is 6.91. The zero-order valence-corrected chi connectivity index (χ0v) is 15.2. The van der Waals surface area contributed by atoms with Crippen LogP contribution in [0.2, 0.25) is 0 Å². The summed E-state index contributed by atoms with van der Waals surface area (Å²) in [6.45, 7) is 8.71. The van der Waals surface area contributed by atoms with Crippen LogP contribution in [0, 0.1) is 20.8 Å². The molecule has 0 unspecified atom stereocenters. The monoisotopic (exact) mass is 338 g/mol. The van der Waals surface area contributed by atoms with Crippen molar-refractivity contribution in [3.05, 3.63) is 28.8 Å². The van der Waals surface area contributed by atoms with Gasteiger partial charge in [0.15, 0.2) is 9.84 Å². The van der Waals surface area contributed by atoms with Gasteiger partial charge in [0.2, 0.25) is 5.91 Å². The first-order valence-electron chi connectivity index (χ1n) is 8.05. The van der Waals surface area contributed by atoms with Crippen LogP contribution in [0.4, 0.5) is 5.69 Å². The summed E-state index contributed by atoms with van der Waals surface area (Å²) < 4.78 is 23.3. The van der Waals surface area contributed by atoms with E-state index in [1.54, 1.807) is 4.90 Å². The molecule has 1 saturated heterocycles. The van der Waals surface area contributed by atoms with Crippen molar-refractivity contribution >= 4 is 21.4 Å². The molecule has 5 nitrogen and oxygen atoms in total. The number of aryl methyl sites for hydroxylation is 3. The van der Waals surface area contributed by atoms with E-state index in [0.717, 1.165) is 16.8 Å². The average molecular weight is 338 g/mol. The fraction of sp³-hybridized carbons (Fsp3) is 0.588. The Labute approximate surface area is 139 Å². The van der Waals surface area contributed by atoms with E-state index < -0.39 is 9.84 Å². The van der Waals surface area contributed by atoms with Crippen LogP contribution in [0.25, 0.3) is 0 Å². The minimum Gasteiger partial charge on any atom is -0.376 e. The van der Waals surface area contributed by atoms with Crippen LogP contribution in [0.5, 0.6) is 0 Å². The number of sulfone groups is 1. The summed E-state index contributed by atoms with van der Waals surface area (Å²) in [5.41, 5.74) is 4.41. The molecule has 0 saturated carbocycles. The van der Waals surface area contributed by atoms with Crippen LogP contribution in [0.3, 0.4) is 0 Å². The maximum absolute atomic E-state index is 12.5. The Morgan fingerprint density at radius 1 is 1.26 bits per heavy atom. The van der Waals surface area contributed by atoms with Crippen LogP contribution >= 0.6 is 0 Å². The van der Waals surface area contributed by atoms with Gasteiger partial charge in [-0.3, -0.25) is 4.79 Å². The van der Waals surface area contributed by atoms with Crippen molar-refractivity contribution in [2.45, 2.75) is 40.2 Å². The lowest BCUT2D eigenvalue weighted by Gasteiger charge is -2.27. The quantitative estimate of drug-likeness (QED) is 0.892. The van der Waals surface area contributed by atoms with Gasteiger partial charge in [0.25, 0.3) is 0 Å². The predicted octanol–water partition coefficient (Wildman–Crippen LogP) is 2.06. The summed E-state index contributed by atoms with van der Waals surface area (Å²) in [7, 11) is -2.98. The molecule has 1 aliphatic rings. The minimum absolute atomic E-state index is 0.0472. The Balaban J connectivity index is 2.04. The Morgan fingerprint density at radius 3 is 2.35 bits per heavy atom. The number of amides is 1. The highest BCUT2D eigenvalue weighted by Crippen LogP contribution is 2.22. The Hall–Kier alpha value is -1.56. The first-order chi connectivity index (χ1) is 10.7. The molecule has 23 heavy (non-hydrogen) atoms. The molecule has 1 amide bonds. The molecule has 0 radical (unpaired) electrons. The summed E-state index contributed by atoms with van der Waals surface area (Å²) in [4.78, 5) is 14.2. The standard InChI is InChI=1S/C17H26N2O3S/c1-5-19(15-6-7-23(21,22)11-15)16(20)10-18-17-13(3)8-12(2)9-14(17)4/h8-9,15,18H,5-7,10-11H2,1-4H3/t15-/m1/s1. The van der Waals surface area contributed by atoms with Crippen molar-refractivity contribution < 1.29 is 13.2 Å². The molecule has 1 aliphatic heterocycles. The van der Waals surface area contributed by atoms with E-state index in [4.69, 9.17) is 0 Å². The predicted molar refractivity (Wildman–Crippen MR) is 93.6 cm³/mol. The highest BCUT2D eigenvalue weighted by atomic mass is 32.2. The molecule has 1 heterocycles. The molecular weight excluding hydrogens is 312 g/mol. The van der Waals surface area contributed by atoms with Gasteiger partial charge < -0.3 is 10.2 Å². The number of anilines is 1. The maximum Gasteiger partial charge on any atom is 0.242 e. The second-order valence-corrected chi connectivity index (χ2v) is 8.59. The molecule has 6 heteroatoms. The van der Waals surface area contributed by atoms with Crippen molar-refractivity contribution in [1.29, 1.82) is 0 Å². The highest BCUT2D eigenvalue weighted by molar-refractivity contribution is 7.91. The third kappa shape index (κ3) is 4.25. The van der Waals surface area contributed by atoms with Crippen molar-refractivity contribution in [3.8, 4) is 0 Å². The lowest BCUT2D eigenvalue weighted by Crippen LogP contribution is -2.43. The molecule has 128 valence electrons. The SMILES string of the molecule is CCN(C(=O)CNc1c(C)cc(C)cc1C)[C@@H]1CCS(=O)(=O)C1. The van der Waals surface area contributed by atoms with Crippen molar-refractivity contribution in [2.24, 2.45) is 0 Å². The fourth-order valence-electron chi connectivity index (χ4n) is 3.38. The van der Waals surface area contributed by atoms with Gasteiger partial charge >= 0.3 is 0 Å². The molecule has 2 rings (SSSR count). The fourth-order valence-corrected chi connectivity index (χ4v) is 5.11. The Kier molecular flexibility index (Phi) is 5.34. The lowest BCUT2D eigenvalue weighted by molar-refractivity contribution is -0.130. The Bertz CT molecular complexity index is 675. The Morgan fingerprint density at radius 2 is 1.87 bits per heavy atom. The third-order valence-electron chi connectivity index (χ3n) is 4.40. The van der Waals surface area contributed by atoms with E-state index in [0.29, 0.717) is 13.0 Å². The van der Waals surface area contributed by atoms with Crippen molar-refractivity contribution in [1.82, 2.24) is 4.90 Å². The van der Waals surface area contributed by atoms with E-state index >= 15 is 0 Å². The number of rotatable bonds is 5. The van der Waals surface area contributed by atoms with Gasteiger partial charge in [-0.05, 0) is 45.2 Å². The second-order valence-electron chi connectivity index (χ2n) is 6.36. The van der Waals surface area contributed by atoms with E-state index in [2.05, 4.69) is 17.4 Å². The first-order valence-corrected chi connectivity index (χ1v) is 9.87. The summed E-state index contributed by atoms with van der Waals surface area (Å²) in [6, 6.07) is 3.99. The zero-order chi connectivity index (χ0) is 17.2. The van der Waals surface area contributed by atoms with Gasteiger partial charge in [0.05, 0.1) is 18.1 Å². The van der Waals surface area contributed by atoms with Gasteiger partial charge in [0, 0.05) is 18.3 Å². The number of hydrogen-bond donors (Lipinski definition) is 1. The number of carbonyl (C=O) groups excluding carboxylic acids is 1. The molecule has 1 N–H and O–H groups in total. The van der Waals surface area contributed by atoms with Crippen LogP contribution in [0.1, 0.15) is 30.0 Å². The van der Waals surface area contributed by atoms with Crippen LogP contribution in [-0.2, 0) is 14.6 Å². The average Bonchev–Trinajstić information content (AvgIpc) is 2.78. The van der Waals surface area contributed by atoms with Gasteiger partial charge in [-0.25, -0.2) is 8.42 Å². The smallest absolute Gasteiger partial charge is 0.242 e. The molecule has 1 aromatic rings. The molecule has 1 fully saturated rings. The summed E-state index contributed by atoms with van der Waals surface area (Å²) in [5, 5.41) is 3.23. The van der Waals surface area contributed by atoms with E-state index in [-0.39, 0.29) is 30.0 Å². The molecule has 0 aliphatic carbocycles. The van der Waals surface area contributed by atoms with Crippen molar-refractivity contribution in [2.75, 3.05) is 29.9 Å². The van der Waals surface area contributed by atoms with E-state index in [1.165, 1.54) is 5.56 Å². The number of hydrogen-bond acceptors (Lipinski definition) is 4. The molecule has 0 bridgehead atoms. The number of carbonyl (C=O) groups is 1. The summed E-state index contributed by atoms with van der Waals surface area (Å²) in [5.74, 6) is 0.231. The van der Waals surface area contributed by atoms with Crippen molar-refractivity contribution in [3.63, 3.8) is 0 Å². The summed E-state index contributed by atoms with van der Waals surface area (Å²) >= 11 is 0. The topological polar surface area (TPSA) is 66.5 Å². The molecule has 1 atom stereocenters. The number of benzene rings is 1. The molecule has 1 aromatic carbocycles. The zero-order valence-electron chi connectivity index (χ0n) is 14.3.